The quantitative estimate of drug-likeness (QED) is 0.257. The fourth-order valence-electron chi connectivity index (χ4n) is 2.91. The zero-order chi connectivity index (χ0) is 18.9. The minimum Gasteiger partial charge on any atom is -0.394 e. The van der Waals surface area contributed by atoms with Crippen molar-refractivity contribution in [2.24, 2.45) is 0 Å². The molecule has 0 spiro atoms. The summed E-state index contributed by atoms with van der Waals surface area (Å²) >= 11 is 0. The molecule has 11 nitrogen and oxygen atoms in total. The first kappa shape index (κ1) is 20.4. The summed E-state index contributed by atoms with van der Waals surface area (Å²) in [5.41, 5.74) is 0. The lowest BCUT2D eigenvalue weighted by Crippen LogP contribution is -2.67. The second-order valence-corrected chi connectivity index (χ2v) is 6.25. The summed E-state index contributed by atoms with van der Waals surface area (Å²) in [5, 5.41) is 61.6. The average Bonchev–Trinajstić information content (AvgIpc) is 2.55. The van der Waals surface area contributed by atoms with Crippen LogP contribution in [0.25, 0.3) is 0 Å². The lowest BCUT2D eigenvalue weighted by Gasteiger charge is -2.46. The third kappa shape index (κ3) is 4.27. The average molecular weight is 367 g/mol. The maximum absolute atomic E-state index is 11.4. The highest BCUT2D eigenvalue weighted by Crippen LogP contribution is 2.28. The van der Waals surface area contributed by atoms with Gasteiger partial charge >= 0.3 is 0 Å². The Bertz CT molecular complexity index is 451. The zero-order valence-electron chi connectivity index (χ0n) is 13.8. The van der Waals surface area contributed by atoms with Gasteiger partial charge in [0.25, 0.3) is 0 Å². The van der Waals surface area contributed by atoms with E-state index >= 15 is 0 Å². The smallest absolute Gasteiger partial charge is 0.217 e. The summed E-state index contributed by atoms with van der Waals surface area (Å²) in [4.78, 5) is 11.4. The summed E-state index contributed by atoms with van der Waals surface area (Å²) in [7, 11) is 0. The summed E-state index contributed by atoms with van der Waals surface area (Å²) in [5.74, 6) is -0.544. The fraction of sp³-hybridized carbons (Fsp3) is 0.929. The van der Waals surface area contributed by atoms with Gasteiger partial charge in [-0.15, -0.1) is 0 Å². The number of hydrogen-bond donors (Lipinski definition) is 7. The molecule has 11 heteroatoms. The largest absolute Gasteiger partial charge is 0.394 e. The Labute approximate surface area is 143 Å². The van der Waals surface area contributed by atoms with Crippen LogP contribution in [0.2, 0.25) is 0 Å². The van der Waals surface area contributed by atoms with Crippen LogP contribution in [-0.2, 0) is 19.0 Å². The van der Waals surface area contributed by atoms with Crippen molar-refractivity contribution in [1.82, 2.24) is 5.32 Å². The van der Waals surface area contributed by atoms with E-state index in [1.165, 1.54) is 13.8 Å². The Morgan fingerprint density at radius 3 is 2.24 bits per heavy atom. The molecule has 10 atom stereocenters. The van der Waals surface area contributed by atoms with Gasteiger partial charge in [0.15, 0.2) is 12.6 Å². The molecule has 0 radical (unpaired) electrons. The van der Waals surface area contributed by atoms with Crippen molar-refractivity contribution in [3.05, 3.63) is 0 Å². The molecule has 0 unspecified atom stereocenters. The summed E-state index contributed by atoms with van der Waals surface area (Å²) in [6.45, 7) is 2.00. The third-order valence-electron chi connectivity index (χ3n) is 4.34. The van der Waals surface area contributed by atoms with Crippen molar-refractivity contribution >= 4 is 5.91 Å². The van der Waals surface area contributed by atoms with Crippen LogP contribution in [-0.4, -0.2) is 105 Å². The van der Waals surface area contributed by atoms with Crippen LogP contribution in [0.15, 0.2) is 0 Å². The monoisotopic (exact) mass is 367 g/mol. The fourth-order valence-corrected chi connectivity index (χ4v) is 2.91. The molecule has 0 aromatic rings. The SMILES string of the molecule is CC(=O)N[C@H]1[C@@H](O[C@@H]2[C@@H](O)[C@H](C)O[C@@H](O)[C@@H]2O)O[C@H](CO)[C@@H](O)[C@@H]1O. The Hall–Kier alpha value is -0.890. The van der Waals surface area contributed by atoms with E-state index in [2.05, 4.69) is 5.32 Å². The summed E-state index contributed by atoms with van der Waals surface area (Å²) in [6, 6.07) is -1.23. The molecule has 0 aliphatic carbocycles. The van der Waals surface area contributed by atoms with Gasteiger partial charge in [-0.1, -0.05) is 0 Å². The van der Waals surface area contributed by atoms with E-state index in [0.29, 0.717) is 0 Å². The number of amides is 1. The first-order valence-electron chi connectivity index (χ1n) is 7.92. The Morgan fingerprint density at radius 2 is 1.68 bits per heavy atom. The molecule has 1 amide bonds. The lowest BCUT2D eigenvalue weighted by molar-refractivity contribution is -0.338. The van der Waals surface area contributed by atoms with Gasteiger partial charge in [0.1, 0.15) is 42.7 Å². The van der Waals surface area contributed by atoms with Crippen molar-refractivity contribution in [2.75, 3.05) is 6.61 Å². The molecule has 2 saturated heterocycles. The number of nitrogens with one attached hydrogen (secondary N) is 1. The second kappa shape index (κ2) is 8.20. The van der Waals surface area contributed by atoms with Crippen LogP contribution >= 0.6 is 0 Å². The van der Waals surface area contributed by atoms with E-state index in [-0.39, 0.29) is 0 Å². The van der Waals surface area contributed by atoms with Gasteiger partial charge in [-0.2, -0.15) is 0 Å². The Kier molecular flexibility index (Phi) is 6.70. The van der Waals surface area contributed by atoms with Gasteiger partial charge in [0.05, 0.1) is 12.7 Å². The van der Waals surface area contributed by atoms with Gasteiger partial charge < -0.3 is 50.2 Å². The van der Waals surface area contributed by atoms with Gasteiger partial charge in [-0.25, -0.2) is 0 Å². The van der Waals surface area contributed by atoms with Crippen LogP contribution in [0, 0.1) is 0 Å². The number of hydrogen-bond acceptors (Lipinski definition) is 10. The maximum atomic E-state index is 11.4. The minimum atomic E-state index is -1.62. The summed E-state index contributed by atoms with van der Waals surface area (Å²) < 4.78 is 15.8. The molecule has 0 aromatic carbocycles. The van der Waals surface area contributed by atoms with Crippen molar-refractivity contribution in [2.45, 2.75) is 75.2 Å². The van der Waals surface area contributed by atoms with Gasteiger partial charge in [0, 0.05) is 6.92 Å². The molecule has 0 bridgehead atoms. The van der Waals surface area contributed by atoms with E-state index in [9.17, 15) is 35.4 Å². The van der Waals surface area contributed by atoms with Crippen molar-refractivity contribution in [1.29, 1.82) is 0 Å². The molecule has 25 heavy (non-hydrogen) atoms. The molecule has 2 heterocycles. The molecule has 2 rings (SSSR count). The molecule has 0 saturated carbocycles. The van der Waals surface area contributed by atoms with Crippen LogP contribution in [0.5, 0.6) is 0 Å². The van der Waals surface area contributed by atoms with Gasteiger partial charge in [0.2, 0.25) is 5.91 Å². The van der Waals surface area contributed by atoms with E-state index in [0.717, 1.165) is 0 Å². The normalized spacial score (nSPS) is 48.2. The number of aliphatic hydroxyl groups excluding tert-OH is 6. The molecular weight excluding hydrogens is 342 g/mol. The molecule has 0 aromatic heterocycles. The molecule has 146 valence electrons. The first-order chi connectivity index (χ1) is 11.7. The standard InChI is InChI=1S/C14H25NO10/c1-4-8(18)12(11(21)13(22)23-4)25-14-7(15-5(2)17)10(20)9(19)6(3-16)24-14/h4,6-14,16,18-22H,3H2,1-2H3,(H,15,17)/t4-,6+,7+,8-,9+,10+,11+,12+,13+,14+/m0/s1. The number of carbonyl (C=O) groups excluding carboxylic acids is 1. The maximum Gasteiger partial charge on any atom is 0.217 e. The highest BCUT2D eigenvalue weighted by Gasteiger charge is 2.50. The van der Waals surface area contributed by atoms with E-state index in [1.54, 1.807) is 0 Å². The van der Waals surface area contributed by atoms with Crippen LogP contribution in [0.1, 0.15) is 13.8 Å². The molecular formula is C14H25NO10. The van der Waals surface area contributed by atoms with Crippen LogP contribution in [0.3, 0.4) is 0 Å². The first-order valence-corrected chi connectivity index (χ1v) is 7.92. The molecule has 2 aliphatic rings. The minimum absolute atomic E-state index is 0.544. The van der Waals surface area contributed by atoms with Gasteiger partial charge in [-0.3, -0.25) is 4.79 Å². The van der Waals surface area contributed by atoms with Crippen LogP contribution < -0.4 is 5.32 Å². The molecule has 7 N–H and O–H groups in total. The van der Waals surface area contributed by atoms with Crippen molar-refractivity contribution in [3.63, 3.8) is 0 Å². The molecule has 2 aliphatic heterocycles. The number of carbonyl (C=O) groups is 1. The topological polar surface area (TPSA) is 178 Å². The number of ether oxygens (including phenoxy) is 3. The van der Waals surface area contributed by atoms with E-state index in [1.807, 2.05) is 0 Å². The van der Waals surface area contributed by atoms with Crippen LogP contribution in [0.4, 0.5) is 0 Å². The third-order valence-corrected chi connectivity index (χ3v) is 4.34. The lowest BCUT2D eigenvalue weighted by atomic mass is 9.95. The highest BCUT2D eigenvalue weighted by molar-refractivity contribution is 5.73. The van der Waals surface area contributed by atoms with E-state index < -0.39 is 73.9 Å². The predicted octanol–water partition coefficient (Wildman–Crippen LogP) is -4.23. The number of rotatable bonds is 4. The zero-order valence-corrected chi connectivity index (χ0v) is 13.8. The van der Waals surface area contributed by atoms with Crippen molar-refractivity contribution < 1.29 is 49.6 Å². The number of aliphatic hydroxyl groups is 6. The highest BCUT2D eigenvalue weighted by atomic mass is 16.7. The Morgan fingerprint density at radius 1 is 1.04 bits per heavy atom. The van der Waals surface area contributed by atoms with Gasteiger partial charge in [-0.05, 0) is 6.92 Å². The van der Waals surface area contributed by atoms with E-state index in [4.69, 9.17) is 14.2 Å². The summed E-state index contributed by atoms with van der Waals surface area (Å²) in [6.07, 6.45) is -12.4. The second-order valence-electron chi connectivity index (χ2n) is 6.25. The predicted molar refractivity (Wildman–Crippen MR) is 78.8 cm³/mol. The Balaban J connectivity index is 2.21. The molecule has 2 fully saturated rings. The van der Waals surface area contributed by atoms with Crippen molar-refractivity contribution in [3.8, 4) is 0 Å².